The highest BCUT2D eigenvalue weighted by Gasteiger charge is 2.43. The number of ether oxygens (including phenoxy) is 1. The Morgan fingerprint density at radius 2 is 1.86 bits per heavy atom. The number of hydrogen-bond donors (Lipinski definition) is 1. The molecular weight excluding hydrogens is 352 g/mol. The maximum absolute atomic E-state index is 12.7. The Bertz CT molecular complexity index is 649. The number of piperidine rings is 1. The molecule has 1 amide bonds. The van der Waals surface area contributed by atoms with Gasteiger partial charge in [-0.3, -0.25) is 4.79 Å². The van der Waals surface area contributed by atoms with E-state index in [-0.39, 0.29) is 17.4 Å². The lowest BCUT2D eigenvalue weighted by Gasteiger charge is -2.39. The second kappa shape index (κ2) is 8.52. The molecular formula is C23H34N2O3. The Morgan fingerprint density at radius 1 is 1.18 bits per heavy atom. The minimum Gasteiger partial charge on any atom is -0.393 e. The highest BCUT2D eigenvalue weighted by atomic mass is 16.5. The molecule has 0 aromatic heterocycles. The summed E-state index contributed by atoms with van der Waals surface area (Å²) >= 11 is 0. The van der Waals surface area contributed by atoms with Crippen molar-refractivity contribution < 1.29 is 14.6 Å². The summed E-state index contributed by atoms with van der Waals surface area (Å²) in [7, 11) is 2.21. The lowest BCUT2D eigenvalue weighted by Crippen LogP contribution is -2.44. The van der Waals surface area contributed by atoms with Crippen molar-refractivity contribution in [1.82, 2.24) is 9.80 Å². The van der Waals surface area contributed by atoms with Crippen molar-refractivity contribution in [3.8, 4) is 0 Å². The summed E-state index contributed by atoms with van der Waals surface area (Å²) in [6.07, 6.45) is 7.43. The Balaban J connectivity index is 1.26. The van der Waals surface area contributed by atoms with Crippen molar-refractivity contribution in [2.24, 2.45) is 5.41 Å². The topological polar surface area (TPSA) is 53.0 Å². The molecule has 1 saturated carbocycles. The molecule has 1 N–H and O–H groups in total. The van der Waals surface area contributed by atoms with Gasteiger partial charge in [0.1, 0.15) is 0 Å². The number of carbonyl (C=O) groups excluding carboxylic acids is 1. The molecule has 2 heterocycles. The van der Waals surface area contributed by atoms with E-state index in [1.165, 1.54) is 0 Å². The van der Waals surface area contributed by atoms with E-state index in [1.807, 2.05) is 35.2 Å². The average molecular weight is 387 g/mol. The minimum atomic E-state index is -0.0977. The van der Waals surface area contributed by atoms with Crippen LogP contribution in [0.25, 0.3) is 0 Å². The Morgan fingerprint density at radius 3 is 2.54 bits per heavy atom. The van der Waals surface area contributed by atoms with Crippen LogP contribution in [-0.2, 0) is 4.74 Å². The quantitative estimate of drug-likeness (QED) is 0.864. The van der Waals surface area contributed by atoms with E-state index < -0.39 is 0 Å². The summed E-state index contributed by atoms with van der Waals surface area (Å²) in [5.74, 6) is 0.158. The number of aliphatic hydroxyl groups excluding tert-OH is 1. The number of likely N-dealkylation sites (tertiary alicyclic amines) is 1. The zero-order chi connectivity index (χ0) is 19.6. The van der Waals surface area contributed by atoms with Gasteiger partial charge in [-0.05, 0) is 69.5 Å². The number of benzene rings is 1. The predicted molar refractivity (Wildman–Crippen MR) is 109 cm³/mol. The first kappa shape index (κ1) is 19.9. The predicted octanol–water partition coefficient (Wildman–Crippen LogP) is 2.93. The monoisotopic (exact) mass is 386 g/mol. The van der Waals surface area contributed by atoms with Crippen molar-refractivity contribution in [3.05, 3.63) is 35.9 Å². The van der Waals surface area contributed by atoms with Gasteiger partial charge in [0.2, 0.25) is 0 Å². The van der Waals surface area contributed by atoms with Gasteiger partial charge in [-0.1, -0.05) is 18.2 Å². The average Bonchev–Trinajstić information content (AvgIpc) is 3.11. The fraction of sp³-hybridized carbons (Fsp3) is 0.696. The number of rotatable bonds is 4. The molecule has 1 spiro atoms. The third-order valence-electron chi connectivity index (χ3n) is 7.20. The Hall–Kier alpha value is -1.43. The van der Waals surface area contributed by atoms with E-state index in [1.54, 1.807) is 0 Å². The molecule has 1 aliphatic carbocycles. The summed E-state index contributed by atoms with van der Waals surface area (Å²) in [6.45, 7) is 3.48. The molecule has 28 heavy (non-hydrogen) atoms. The number of aliphatic hydroxyl groups is 1. The van der Waals surface area contributed by atoms with E-state index >= 15 is 0 Å². The second-order valence-electron chi connectivity index (χ2n) is 9.20. The third kappa shape index (κ3) is 4.42. The van der Waals surface area contributed by atoms with Crippen LogP contribution < -0.4 is 0 Å². The summed E-state index contributed by atoms with van der Waals surface area (Å²) in [5, 5.41) is 9.72. The third-order valence-corrected chi connectivity index (χ3v) is 7.20. The van der Waals surface area contributed by atoms with Crippen molar-refractivity contribution >= 4 is 5.91 Å². The van der Waals surface area contributed by atoms with Gasteiger partial charge in [0.25, 0.3) is 5.91 Å². The maximum Gasteiger partial charge on any atom is 0.253 e. The van der Waals surface area contributed by atoms with Crippen molar-refractivity contribution in [2.45, 2.75) is 63.2 Å². The zero-order valence-electron chi connectivity index (χ0n) is 17.1. The normalized spacial score (nSPS) is 30.1. The summed E-state index contributed by atoms with van der Waals surface area (Å²) in [5.41, 5.74) is 1.04. The van der Waals surface area contributed by atoms with Gasteiger partial charge in [-0.2, -0.15) is 0 Å². The molecule has 5 heteroatoms. The summed E-state index contributed by atoms with van der Waals surface area (Å²) < 4.78 is 6.21. The van der Waals surface area contributed by atoms with Gasteiger partial charge < -0.3 is 19.6 Å². The zero-order valence-corrected chi connectivity index (χ0v) is 17.1. The SMILES string of the molecule is CN(CC1CC2(CCN(C(=O)c3ccccc3)CC2)CO1)C1CCC(O)CC1. The molecule has 0 bridgehead atoms. The van der Waals surface area contributed by atoms with Crippen LogP contribution in [0.2, 0.25) is 0 Å². The van der Waals surface area contributed by atoms with Crippen LogP contribution in [0, 0.1) is 5.41 Å². The van der Waals surface area contributed by atoms with Crippen LogP contribution in [0.1, 0.15) is 55.3 Å². The first-order chi connectivity index (χ1) is 13.5. The molecule has 1 atom stereocenters. The van der Waals surface area contributed by atoms with Crippen molar-refractivity contribution in [3.63, 3.8) is 0 Å². The molecule has 1 unspecified atom stereocenters. The van der Waals surface area contributed by atoms with Gasteiger partial charge in [-0.25, -0.2) is 0 Å². The van der Waals surface area contributed by atoms with Gasteiger partial charge >= 0.3 is 0 Å². The second-order valence-corrected chi connectivity index (χ2v) is 9.20. The first-order valence-electron chi connectivity index (χ1n) is 10.9. The molecule has 0 radical (unpaired) electrons. The van der Waals surface area contributed by atoms with Crippen LogP contribution in [0.4, 0.5) is 0 Å². The van der Waals surface area contributed by atoms with Crippen LogP contribution >= 0.6 is 0 Å². The molecule has 3 aliphatic rings. The molecule has 3 fully saturated rings. The molecule has 5 nitrogen and oxygen atoms in total. The highest BCUT2D eigenvalue weighted by Crippen LogP contribution is 2.42. The van der Waals surface area contributed by atoms with Crippen LogP contribution in [-0.4, -0.2) is 72.4 Å². The molecule has 4 rings (SSSR count). The van der Waals surface area contributed by atoms with E-state index in [9.17, 15) is 9.90 Å². The summed E-state index contributed by atoms with van der Waals surface area (Å²) in [6, 6.07) is 10.2. The van der Waals surface area contributed by atoms with E-state index in [0.29, 0.717) is 12.1 Å². The highest BCUT2D eigenvalue weighted by molar-refractivity contribution is 5.94. The Kier molecular flexibility index (Phi) is 6.04. The number of hydrogen-bond acceptors (Lipinski definition) is 4. The van der Waals surface area contributed by atoms with E-state index in [2.05, 4.69) is 11.9 Å². The minimum absolute atomic E-state index is 0.0977. The summed E-state index contributed by atoms with van der Waals surface area (Å²) in [4.78, 5) is 17.1. The Labute approximate surface area is 168 Å². The molecule has 2 aliphatic heterocycles. The fourth-order valence-corrected chi connectivity index (χ4v) is 5.28. The van der Waals surface area contributed by atoms with Crippen LogP contribution in [0.5, 0.6) is 0 Å². The lowest BCUT2D eigenvalue weighted by atomic mass is 9.76. The van der Waals surface area contributed by atoms with Gasteiger partial charge in [0.05, 0.1) is 18.8 Å². The van der Waals surface area contributed by atoms with Crippen LogP contribution in [0.3, 0.4) is 0 Å². The number of nitrogens with zero attached hydrogens (tertiary/aromatic N) is 2. The largest absolute Gasteiger partial charge is 0.393 e. The van der Waals surface area contributed by atoms with Crippen molar-refractivity contribution in [2.75, 3.05) is 33.3 Å². The van der Waals surface area contributed by atoms with E-state index in [4.69, 9.17) is 4.74 Å². The van der Waals surface area contributed by atoms with Gasteiger partial charge in [-0.15, -0.1) is 0 Å². The van der Waals surface area contributed by atoms with Gasteiger partial charge in [0, 0.05) is 31.2 Å². The molecule has 154 valence electrons. The number of amides is 1. The smallest absolute Gasteiger partial charge is 0.253 e. The van der Waals surface area contributed by atoms with E-state index in [0.717, 1.165) is 76.8 Å². The molecule has 1 aromatic carbocycles. The lowest BCUT2D eigenvalue weighted by molar-refractivity contribution is 0.0336. The fourth-order valence-electron chi connectivity index (χ4n) is 5.28. The maximum atomic E-state index is 12.7. The number of likely N-dealkylation sites (N-methyl/N-ethyl adjacent to an activating group) is 1. The first-order valence-corrected chi connectivity index (χ1v) is 10.9. The van der Waals surface area contributed by atoms with Crippen molar-refractivity contribution in [1.29, 1.82) is 0 Å². The molecule has 2 saturated heterocycles. The van der Waals surface area contributed by atoms with Gasteiger partial charge in [0.15, 0.2) is 0 Å². The molecule has 1 aromatic rings. The van der Waals surface area contributed by atoms with Crippen LogP contribution in [0.15, 0.2) is 30.3 Å². The standard InChI is InChI=1S/C23H34N2O3/c1-24(19-7-9-20(26)10-8-19)16-21-15-23(17-28-21)11-13-25(14-12-23)22(27)18-5-3-2-4-6-18/h2-6,19-21,26H,7-17H2,1H3. The number of carbonyl (C=O) groups is 1.